The number of hydrogen-bond acceptors (Lipinski definition) is 4. The number of aromatic nitrogens is 1. The molecule has 24 heavy (non-hydrogen) atoms. The van der Waals surface area contributed by atoms with Crippen molar-refractivity contribution in [2.24, 2.45) is 0 Å². The largest absolute Gasteiger partial charge is 0.458 e. The summed E-state index contributed by atoms with van der Waals surface area (Å²) in [7, 11) is 0. The second-order valence-electron chi connectivity index (χ2n) is 7.24. The second-order valence-corrected chi connectivity index (χ2v) is 7.24. The molecule has 1 aromatic rings. The summed E-state index contributed by atoms with van der Waals surface area (Å²) in [6.45, 7) is 5.09. The van der Waals surface area contributed by atoms with Crippen LogP contribution in [0.1, 0.15) is 69.3 Å². The Hall–Kier alpha value is -1.33. The first-order valence-electron chi connectivity index (χ1n) is 9.39. The highest BCUT2D eigenvalue weighted by atomic mass is 16.5. The third kappa shape index (κ3) is 4.19. The average molecular weight is 334 g/mol. The molecule has 0 aromatic carbocycles. The molecule has 2 aliphatic heterocycles. The number of rotatable bonds is 6. The van der Waals surface area contributed by atoms with Gasteiger partial charge in [0.1, 0.15) is 11.8 Å². The third-order valence-corrected chi connectivity index (χ3v) is 5.35. The normalized spacial score (nSPS) is 30.8. The highest BCUT2D eigenvalue weighted by Gasteiger charge is 2.40. The second kappa shape index (κ2) is 8.17. The molecule has 2 aliphatic rings. The van der Waals surface area contributed by atoms with Gasteiger partial charge in [-0.2, -0.15) is 0 Å². The van der Waals surface area contributed by atoms with Gasteiger partial charge in [0.05, 0.1) is 12.8 Å². The molecule has 0 bridgehead atoms. The minimum atomic E-state index is -0.231. The number of nitrogens with zero attached hydrogens (tertiary/aromatic N) is 1. The van der Waals surface area contributed by atoms with Crippen molar-refractivity contribution >= 4 is 5.97 Å². The lowest BCUT2D eigenvalue weighted by molar-refractivity contribution is -0.140. The van der Waals surface area contributed by atoms with E-state index in [0.29, 0.717) is 23.9 Å². The molecule has 0 spiro atoms. The molecule has 3 heterocycles. The Bertz CT molecular complexity index is 517. The SMILES string of the molecule is CCCCCC1CC(OC(=O)c2ccc[nH]2)CC2CC(C)OCN12. The van der Waals surface area contributed by atoms with E-state index in [2.05, 4.69) is 23.7 Å². The summed E-state index contributed by atoms with van der Waals surface area (Å²) in [6.07, 6.45) is 9.83. The molecular weight excluding hydrogens is 304 g/mol. The van der Waals surface area contributed by atoms with Crippen LogP contribution >= 0.6 is 0 Å². The van der Waals surface area contributed by atoms with Crippen molar-refractivity contribution in [3.63, 3.8) is 0 Å². The Morgan fingerprint density at radius 1 is 1.38 bits per heavy atom. The van der Waals surface area contributed by atoms with Crippen molar-refractivity contribution in [3.05, 3.63) is 24.0 Å². The highest BCUT2D eigenvalue weighted by Crippen LogP contribution is 2.34. The maximum absolute atomic E-state index is 12.3. The van der Waals surface area contributed by atoms with E-state index >= 15 is 0 Å². The number of piperidine rings is 1. The van der Waals surface area contributed by atoms with E-state index in [1.54, 1.807) is 12.3 Å². The van der Waals surface area contributed by atoms with Gasteiger partial charge >= 0.3 is 5.97 Å². The van der Waals surface area contributed by atoms with Gasteiger partial charge in [0.2, 0.25) is 0 Å². The Labute approximate surface area is 144 Å². The average Bonchev–Trinajstić information content (AvgIpc) is 3.09. The molecule has 134 valence electrons. The van der Waals surface area contributed by atoms with Gasteiger partial charge < -0.3 is 14.5 Å². The Morgan fingerprint density at radius 2 is 2.25 bits per heavy atom. The van der Waals surface area contributed by atoms with E-state index in [1.807, 2.05) is 6.07 Å². The quantitative estimate of drug-likeness (QED) is 0.636. The summed E-state index contributed by atoms with van der Waals surface area (Å²) in [5.74, 6) is -0.231. The zero-order valence-electron chi connectivity index (χ0n) is 14.9. The Kier molecular flexibility index (Phi) is 5.95. The van der Waals surface area contributed by atoms with Crippen molar-refractivity contribution in [1.82, 2.24) is 9.88 Å². The lowest BCUT2D eigenvalue weighted by atomic mass is 9.87. The van der Waals surface area contributed by atoms with Gasteiger partial charge in [-0.05, 0) is 31.9 Å². The number of carbonyl (C=O) groups is 1. The van der Waals surface area contributed by atoms with Crippen LogP contribution in [0.3, 0.4) is 0 Å². The zero-order chi connectivity index (χ0) is 16.9. The van der Waals surface area contributed by atoms with Gasteiger partial charge in [-0.3, -0.25) is 4.90 Å². The van der Waals surface area contributed by atoms with E-state index in [4.69, 9.17) is 9.47 Å². The van der Waals surface area contributed by atoms with E-state index in [1.165, 1.54) is 25.7 Å². The molecule has 4 unspecified atom stereocenters. The molecule has 5 heteroatoms. The number of aromatic amines is 1. The van der Waals surface area contributed by atoms with Gasteiger partial charge in [-0.1, -0.05) is 26.2 Å². The number of carbonyl (C=O) groups excluding carboxylic acids is 1. The number of ether oxygens (including phenoxy) is 2. The number of H-pyrrole nitrogens is 1. The molecule has 5 nitrogen and oxygen atoms in total. The van der Waals surface area contributed by atoms with Crippen LogP contribution in [0.2, 0.25) is 0 Å². The van der Waals surface area contributed by atoms with Crippen LogP contribution in [-0.2, 0) is 9.47 Å². The molecule has 1 N–H and O–H groups in total. The van der Waals surface area contributed by atoms with Gasteiger partial charge in [0, 0.05) is 31.1 Å². The Morgan fingerprint density at radius 3 is 3.00 bits per heavy atom. The molecule has 4 atom stereocenters. The van der Waals surface area contributed by atoms with Crippen molar-refractivity contribution in [1.29, 1.82) is 0 Å². The van der Waals surface area contributed by atoms with E-state index in [0.717, 1.165) is 26.0 Å². The van der Waals surface area contributed by atoms with Gasteiger partial charge in [0.15, 0.2) is 0 Å². The summed E-state index contributed by atoms with van der Waals surface area (Å²) in [4.78, 5) is 17.7. The van der Waals surface area contributed by atoms with Crippen LogP contribution in [0.5, 0.6) is 0 Å². The predicted molar refractivity (Wildman–Crippen MR) is 92.8 cm³/mol. The topological polar surface area (TPSA) is 54.6 Å². The van der Waals surface area contributed by atoms with Crippen LogP contribution in [0, 0.1) is 0 Å². The summed E-state index contributed by atoms with van der Waals surface area (Å²) in [6, 6.07) is 4.53. The van der Waals surface area contributed by atoms with Gasteiger partial charge in [0.25, 0.3) is 0 Å². The number of unbranched alkanes of at least 4 members (excludes halogenated alkanes) is 2. The molecule has 0 amide bonds. The first kappa shape index (κ1) is 17.5. The Balaban J connectivity index is 1.63. The van der Waals surface area contributed by atoms with Crippen molar-refractivity contribution in [3.8, 4) is 0 Å². The number of esters is 1. The molecule has 0 radical (unpaired) electrons. The highest BCUT2D eigenvalue weighted by molar-refractivity contribution is 5.87. The summed E-state index contributed by atoms with van der Waals surface area (Å²) in [5.41, 5.74) is 0.542. The molecule has 2 saturated heterocycles. The van der Waals surface area contributed by atoms with Crippen LogP contribution in [0.15, 0.2) is 18.3 Å². The minimum Gasteiger partial charge on any atom is -0.458 e. The fraction of sp³-hybridized carbons (Fsp3) is 0.737. The molecule has 3 rings (SSSR count). The molecule has 1 aromatic heterocycles. The van der Waals surface area contributed by atoms with Crippen molar-refractivity contribution < 1.29 is 14.3 Å². The number of hydrogen-bond donors (Lipinski definition) is 1. The van der Waals surface area contributed by atoms with E-state index in [9.17, 15) is 4.79 Å². The smallest absolute Gasteiger partial charge is 0.355 e. The van der Waals surface area contributed by atoms with Gasteiger partial charge in [-0.15, -0.1) is 0 Å². The van der Waals surface area contributed by atoms with Crippen LogP contribution in [0.4, 0.5) is 0 Å². The van der Waals surface area contributed by atoms with Crippen molar-refractivity contribution in [2.75, 3.05) is 6.73 Å². The predicted octanol–water partition coefficient (Wildman–Crippen LogP) is 3.72. The van der Waals surface area contributed by atoms with Gasteiger partial charge in [-0.25, -0.2) is 4.79 Å². The third-order valence-electron chi connectivity index (χ3n) is 5.35. The monoisotopic (exact) mass is 334 g/mol. The van der Waals surface area contributed by atoms with E-state index < -0.39 is 0 Å². The fourth-order valence-electron chi connectivity index (χ4n) is 4.06. The fourth-order valence-corrected chi connectivity index (χ4v) is 4.06. The molecule has 0 saturated carbocycles. The number of nitrogens with one attached hydrogen (secondary N) is 1. The van der Waals surface area contributed by atoms with Crippen LogP contribution in [-0.4, -0.2) is 46.9 Å². The lowest BCUT2D eigenvalue weighted by Crippen LogP contribution is -2.56. The molecule has 2 fully saturated rings. The summed E-state index contributed by atoms with van der Waals surface area (Å²) in [5, 5.41) is 0. The summed E-state index contributed by atoms with van der Waals surface area (Å²) < 4.78 is 11.7. The zero-order valence-corrected chi connectivity index (χ0v) is 14.9. The molecular formula is C19H30N2O3. The standard InChI is InChI=1S/C19H30N2O3/c1-3-4-5-7-15-11-17(24-19(22)18-8-6-9-20-18)12-16-10-14(2)23-13-21(15)16/h6,8-9,14-17,20H,3-5,7,10-13H2,1-2H3. The lowest BCUT2D eigenvalue weighted by Gasteiger charge is -2.48. The first-order chi connectivity index (χ1) is 11.7. The van der Waals surface area contributed by atoms with Crippen LogP contribution < -0.4 is 0 Å². The minimum absolute atomic E-state index is 0.0129. The van der Waals surface area contributed by atoms with Crippen LogP contribution in [0.25, 0.3) is 0 Å². The maximum Gasteiger partial charge on any atom is 0.355 e. The summed E-state index contributed by atoms with van der Waals surface area (Å²) >= 11 is 0. The van der Waals surface area contributed by atoms with Crippen molar-refractivity contribution in [2.45, 2.75) is 83.1 Å². The number of fused-ring (bicyclic) bond motifs is 1. The van der Waals surface area contributed by atoms with E-state index in [-0.39, 0.29) is 12.1 Å². The first-order valence-corrected chi connectivity index (χ1v) is 9.39. The molecule has 0 aliphatic carbocycles. The maximum atomic E-state index is 12.3.